The Balaban J connectivity index is 1.34. The highest BCUT2D eigenvalue weighted by atomic mass is 16.5. The number of methoxy groups -OCH3 is 1. The molecule has 1 heterocycles. The maximum atomic E-state index is 12.3. The van der Waals surface area contributed by atoms with Gasteiger partial charge >= 0.3 is 6.01 Å². The highest BCUT2D eigenvalue weighted by Gasteiger charge is 2.25. The number of benzene rings is 3. The topological polar surface area (TPSA) is 78.3 Å². The molecule has 1 aliphatic rings. The van der Waals surface area contributed by atoms with E-state index in [1.54, 1.807) is 11.8 Å². The molecule has 1 aliphatic carbocycles. The van der Waals surface area contributed by atoms with E-state index in [-0.39, 0.29) is 11.8 Å². The summed E-state index contributed by atoms with van der Waals surface area (Å²) < 4.78 is 12.9. The summed E-state index contributed by atoms with van der Waals surface area (Å²) in [4.78, 5) is 17.0. The number of amides is 1. The predicted octanol–water partition coefficient (Wildman–Crippen LogP) is 5.61. The number of rotatable bonds is 9. The van der Waals surface area contributed by atoms with E-state index in [0.29, 0.717) is 18.4 Å². The third kappa shape index (κ3) is 5.40. The molecule has 0 bridgehead atoms. The Morgan fingerprint density at radius 2 is 1.72 bits per heavy atom. The fraction of sp³-hybridized carbons (Fsp3) is 0.276. The molecule has 0 unspecified atom stereocenters. The minimum absolute atomic E-state index is 0.0997. The molecule has 7 heteroatoms. The summed E-state index contributed by atoms with van der Waals surface area (Å²) in [5.41, 5.74) is 4.88. The van der Waals surface area contributed by atoms with Crippen molar-refractivity contribution in [3.8, 4) is 28.8 Å². The zero-order chi connectivity index (χ0) is 24.9. The molecular weight excluding hydrogens is 452 g/mol. The normalized spacial score (nSPS) is 13.2. The number of ether oxygens (including phenoxy) is 2. The molecule has 0 atom stereocenters. The number of anilines is 1. The van der Waals surface area contributed by atoms with Gasteiger partial charge in [-0.3, -0.25) is 4.79 Å². The van der Waals surface area contributed by atoms with Gasteiger partial charge in [-0.15, -0.1) is 5.10 Å². The van der Waals surface area contributed by atoms with Crippen molar-refractivity contribution in [2.24, 2.45) is 5.92 Å². The van der Waals surface area contributed by atoms with Gasteiger partial charge in [0.15, 0.2) is 5.82 Å². The van der Waals surface area contributed by atoms with E-state index in [0.717, 1.165) is 53.9 Å². The summed E-state index contributed by atoms with van der Waals surface area (Å²) in [6, 6.07) is 24.1. The van der Waals surface area contributed by atoms with Crippen LogP contribution in [0.15, 0.2) is 72.8 Å². The average Bonchev–Trinajstić information content (AvgIpc) is 3.28. The first-order valence-electron chi connectivity index (χ1n) is 12.3. The van der Waals surface area contributed by atoms with Crippen molar-refractivity contribution in [3.63, 3.8) is 0 Å². The van der Waals surface area contributed by atoms with Gasteiger partial charge in [0.05, 0.1) is 19.4 Å². The van der Waals surface area contributed by atoms with Gasteiger partial charge in [0, 0.05) is 23.6 Å². The van der Waals surface area contributed by atoms with Crippen molar-refractivity contribution >= 4 is 11.6 Å². The number of nitrogens with one attached hydrogen (secondary N) is 1. The van der Waals surface area contributed by atoms with E-state index in [1.165, 1.54) is 5.56 Å². The molecule has 1 fully saturated rings. The van der Waals surface area contributed by atoms with Crippen molar-refractivity contribution in [2.45, 2.75) is 32.6 Å². The van der Waals surface area contributed by atoms with Crippen LogP contribution < -0.4 is 14.8 Å². The molecule has 0 spiro atoms. The Morgan fingerprint density at radius 1 is 1.00 bits per heavy atom. The van der Waals surface area contributed by atoms with Crippen molar-refractivity contribution in [1.29, 1.82) is 0 Å². The van der Waals surface area contributed by atoms with Crippen molar-refractivity contribution in [3.05, 3.63) is 83.9 Å². The summed E-state index contributed by atoms with van der Waals surface area (Å²) in [7, 11) is 1.66. The number of nitrogens with zero attached hydrogens (tertiary/aromatic N) is 3. The lowest BCUT2D eigenvalue weighted by Gasteiger charge is -2.24. The maximum Gasteiger partial charge on any atom is 0.336 e. The van der Waals surface area contributed by atoms with E-state index >= 15 is 0 Å². The van der Waals surface area contributed by atoms with Gasteiger partial charge in [-0.1, -0.05) is 48.4 Å². The van der Waals surface area contributed by atoms with Crippen LogP contribution in [-0.2, 0) is 11.2 Å². The zero-order valence-corrected chi connectivity index (χ0v) is 20.6. The second-order valence-electron chi connectivity index (χ2n) is 9.11. The summed E-state index contributed by atoms with van der Waals surface area (Å²) in [6.45, 7) is 2.51. The van der Waals surface area contributed by atoms with Crippen LogP contribution in [0.1, 0.15) is 30.4 Å². The minimum Gasteiger partial charge on any atom is -0.497 e. The molecule has 1 saturated carbocycles. The zero-order valence-electron chi connectivity index (χ0n) is 20.6. The van der Waals surface area contributed by atoms with Crippen LogP contribution in [0.3, 0.4) is 0 Å². The Hall–Kier alpha value is -4.13. The third-order valence-corrected chi connectivity index (χ3v) is 6.53. The summed E-state index contributed by atoms with van der Waals surface area (Å²) in [5.74, 6) is 1.77. The van der Waals surface area contributed by atoms with Crippen LogP contribution >= 0.6 is 0 Å². The number of aromatic nitrogens is 3. The largest absolute Gasteiger partial charge is 0.497 e. The molecule has 0 saturated heterocycles. The van der Waals surface area contributed by atoms with E-state index < -0.39 is 0 Å². The molecule has 0 radical (unpaired) electrons. The molecule has 1 amide bonds. The average molecular weight is 483 g/mol. The Labute approximate surface area is 211 Å². The van der Waals surface area contributed by atoms with Crippen LogP contribution in [0, 0.1) is 12.8 Å². The van der Waals surface area contributed by atoms with E-state index in [2.05, 4.69) is 29.5 Å². The predicted molar refractivity (Wildman–Crippen MR) is 140 cm³/mol. The smallest absolute Gasteiger partial charge is 0.336 e. The van der Waals surface area contributed by atoms with Gasteiger partial charge in [0.25, 0.3) is 0 Å². The summed E-state index contributed by atoms with van der Waals surface area (Å²) in [6.07, 6.45) is 3.82. The SMILES string of the molecule is COc1ccc(CCOc2nc(-c3ccc(C)cc3)n(-c3ccc(NC(=O)C4CCC4)cc3)n2)cc1. The first-order valence-corrected chi connectivity index (χ1v) is 12.3. The fourth-order valence-electron chi connectivity index (χ4n) is 4.08. The van der Waals surface area contributed by atoms with E-state index in [9.17, 15) is 4.79 Å². The van der Waals surface area contributed by atoms with Crippen LogP contribution in [0.25, 0.3) is 17.1 Å². The molecule has 36 heavy (non-hydrogen) atoms. The van der Waals surface area contributed by atoms with E-state index in [4.69, 9.17) is 14.5 Å². The monoisotopic (exact) mass is 482 g/mol. The third-order valence-electron chi connectivity index (χ3n) is 6.53. The Kier molecular flexibility index (Phi) is 6.98. The van der Waals surface area contributed by atoms with Crippen LogP contribution in [0.4, 0.5) is 5.69 Å². The molecule has 1 N–H and O–H groups in total. The second-order valence-corrected chi connectivity index (χ2v) is 9.11. The van der Waals surface area contributed by atoms with E-state index in [1.807, 2.05) is 60.7 Å². The first kappa shape index (κ1) is 23.6. The number of aryl methyl sites for hydroxylation is 1. The lowest BCUT2D eigenvalue weighted by atomic mass is 9.85. The lowest BCUT2D eigenvalue weighted by Crippen LogP contribution is -2.27. The highest BCUT2D eigenvalue weighted by molar-refractivity contribution is 5.93. The molecule has 3 aromatic carbocycles. The summed E-state index contributed by atoms with van der Waals surface area (Å²) in [5, 5.41) is 7.67. The molecule has 0 aliphatic heterocycles. The summed E-state index contributed by atoms with van der Waals surface area (Å²) >= 11 is 0. The standard InChI is InChI=1S/C29H30N4O3/c1-20-6-10-22(11-7-20)27-31-29(36-19-18-21-8-16-26(35-2)17-9-21)32-33(27)25-14-12-24(13-15-25)30-28(34)23-4-3-5-23/h6-17,23H,3-5,18-19H2,1-2H3,(H,30,34). The molecular formula is C29H30N4O3. The van der Waals surface area contributed by atoms with Crippen LogP contribution in [-0.4, -0.2) is 34.4 Å². The van der Waals surface area contributed by atoms with Gasteiger partial charge in [-0.2, -0.15) is 4.98 Å². The number of carbonyl (C=O) groups excluding carboxylic acids is 1. The first-order chi connectivity index (χ1) is 17.6. The van der Waals surface area contributed by atoms with Gasteiger partial charge in [0.2, 0.25) is 5.91 Å². The highest BCUT2D eigenvalue weighted by Crippen LogP contribution is 2.28. The van der Waals surface area contributed by atoms with Gasteiger partial charge in [-0.25, -0.2) is 4.68 Å². The Bertz CT molecular complexity index is 1310. The number of carbonyl (C=O) groups is 1. The number of hydrogen-bond donors (Lipinski definition) is 1. The maximum absolute atomic E-state index is 12.3. The van der Waals surface area contributed by atoms with Gasteiger partial charge in [-0.05, 0) is 61.7 Å². The molecule has 184 valence electrons. The molecule has 1 aromatic heterocycles. The number of hydrogen-bond acceptors (Lipinski definition) is 5. The molecule has 4 aromatic rings. The molecule has 7 nitrogen and oxygen atoms in total. The lowest BCUT2D eigenvalue weighted by molar-refractivity contribution is -0.122. The van der Waals surface area contributed by atoms with Gasteiger partial charge in [0.1, 0.15) is 5.75 Å². The fourth-order valence-corrected chi connectivity index (χ4v) is 4.08. The Morgan fingerprint density at radius 3 is 2.36 bits per heavy atom. The van der Waals surface area contributed by atoms with Crippen molar-refractivity contribution in [2.75, 3.05) is 19.0 Å². The second kappa shape index (κ2) is 10.6. The van der Waals surface area contributed by atoms with Crippen LogP contribution in [0.2, 0.25) is 0 Å². The minimum atomic E-state index is 0.0997. The van der Waals surface area contributed by atoms with Crippen LogP contribution in [0.5, 0.6) is 11.8 Å². The molecule has 5 rings (SSSR count). The van der Waals surface area contributed by atoms with Gasteiger partial charge < -0.3 is 14.8 Å². The van der Waals surface area contributed by atoms with Crippen molar-refractivity contribution in [1.82, 2.24) is 14.8 Å². The quantitative estimate of drug-likeness (QED) is 0.335. The van der Waals surface area contributed by atoms with Crippen molar-refractivity contribution < 1.29 is 14.3 Å².